The van der Waals surface area contributed by atoms with Crippen LogP contribution in [0.25, 0.3) is 0 Å². The van der Waals surface area contributed by atoms with E-state index in [1.807, 2.05) is 0 Å². The van der Waals surface area contributed by atoms with Crippen LogP contribution in [0.15, 0.2) is 41.3 Å². The first-order chi connectivity index (χ1) is 16.3. The molecule has 3 heterocycles. The van der Waals surface area contributed by atoms with Crippen LogP contribution in [0.4, 0.5) is 20.2 Å². The van der Waals surface area contributed by atoms with E-state index in [1.54, 1.807) is 17.0 Å². The normalized spacial score (nSPS) is 21.2. The Bertz CT molecular complexity index is 1260. The number of hydrogen-bond acceptors (Lipinski definition) is 4. The summed E-state index contributed by atoms with van der Waals surface area (Å²) in [6.07, 6.45) is 3.18. The summed E-state index contributed by atoms with van der Waals surface area (Å²) in [7, 11) is -3.57. The fourth-order valence-electron chi connectivity index (χ4n) is 5.05. The molecule has 0 spiro atoms. The highest BCUT2D eigenvalue weighted by molar-refractivity contribution is 7.89. The van der Waals surface area contributed by atoms with Gasteiger partial charge in [-0.05, 0) is 55.2 Å². The number of sulfonamides is 1. The maximum Gasteiger partial charge on any atom is 0.243 e. The molecule has 0 radical (unpaired) electrons. The molecule has 10 heteroatoms. The molecule has 3 aliphatic rings. The lowest BCUT2D eigenvalue weighted by atomic mass is 10.1. The monoisotopic (exact) mass is 489 g/mol. The maximum absolute atomic E-state index is 14.2. The van der Waals surface area contributed by atoms with Gasteiger partial charge in [0.25, 0.3) is 0 Å². The van der Waals surface area contributed by atoms with Gasteiger partial charge in [-0.1, -0.05) is 6.42 Å². The third-order valence-electron chi connectivity index (χ3n) is 6.84. The van der Waals surface area contributed by atoms with Crippen molar-refractivity contribution in [2.75, 3.05) is 36.0 Å². The SMILES string of the molecule is O=C1C[C@H](C(=O)N2CCc3cc(S(=O)(=O)N4CCCCC4)ccc32)CN1c1ccc(F)cc1F. The van der Waals surface area contributed by atoms with Crippen molar-refractivity contribution in [3.8, 4) is 0 Å². The molecule has 2 fully saturated rings. The van der Waals surface area contributed by atoms with E-state index in [9.17, 15) is 26.8 Å². The second-order valence-corrected chi connectivity index (χ2v) is 10.9. The van der Waals surface area contributed by atoms with Crippen LogP contribution in [0.2, 0.25) is 0 Å². The lowest BCUT2D eigenvalue weighted by Gasteiger charge is -2.26. The second kappa shape index (κ2) is 8.74. The molecule has 2 amide bonds. The van der Waals surface area contributed by atoms with Crippen LogP contribution in [0.3, 0.4) is 0 Å². The van der Waals surface area contributed by atoms with Gasteiger partial charge in [0.2, 0.25) is 21.8 Å². The van der Waals surface area contributed by atoms with Gasteiger partial charge in [-0.25, -0.2) is 17.2 Å². The Balaban J connectivity index is 1.34. The van der Waals surface area contributed by atoms with E-state index in [0.717, 1.165) is 30.9 Å². The molecular weight excluding hydrogens is 464 g/mol. The fourth-order valence-corrected chi connectivity index (χ4v) is 6.62. The summed E-state index contributed by atoms with van der Waals surface area (Å²) < 4.78 is 55.0. The van der Waals surface area contributed by atoms with Gasteiger partial charge < -0.3 is 9.80 Å². The van der Waals surface area contributed by atoms with Gasteiger partial charge >= 0.3 is 0 Å². The van der Waals surface area contributed by atoms with Crippen molar-refractivity contribution >= 4 is 33.2 Å². The zero-order chi connectivity index (χ0) is 24.0. The number of carbonyl (C=O) groups excluding carboxylic acids is 2. The number of amides is 2. The van der Waals surface area contributed by atoms with E-state index < -0.39 is 33.5 Å². The fraction of sp³-hybridized carbons (Fsp3) is 0.417. The summed E-state index contributed by atoms with van der Waals surface area (Å²) >= 11 is 0. The molecule has 2 aromatic rings. The lowest BCUT2D eigenvalue weighted by molar-refractivity contribution is -0.124. The first-order valence-electron chi connectivity index (χ1n) is 11.5. The molecule has 3 aliphatic heterocycles. The summed E-state index contributed by atoms with van der Waals surface area (Å²) in [6.45, 7) is 1.43. The molecule has 180 valence electrons. The Morgan fingerprint density at radius 1 is 0.941 bits per heavy atom. The van der Waals surface area contributed by atoms with E-state index in [0.29, 0.717) is 37.8 Å². The summed E-state index contributed by atoms with van der Waals surface area (Å²) in [5, 5.41) is 0. The Morgan fingerprint density at radius 2 is 1.68 bits per heavy atom. The minimum absolute atomic E-state index is 0.00742. The molecule has 0 bridgehead atoms. The molecule has 0 aliphatic carbocycles. The van der Waals surface area contributed by atoms with Gasteiger partial charge in [-0.15, -0.1) is 0 Å². The van der Waals surface area contributed by atoms with Crippen molar-refractivity contribution < 1.29 is 26.8 Å². The Labute approximate surface area is 197 Å². The van der Waals surface area contributed by atoms with Crippen LogP contribution < -0.4 is 9.80 Å². The van der Waals surface area contributed by atoms with Crippen LogP contribution in [-0.4, -0.2) is 50.7 Å². The molecule has 34 heavy (non-hydrogen) atoms. The standard InChI is InChI=1S/C24H25F2N3O4S/c25-18-4-6-22(20(26)14-18)29-15-17(13-23(29)30)24(31)28-11-8-16-12-19(5-7-21(16)28)34(32,33)27-9-2-1-3-10-27/h4-7,12,14,17H,1-3,8-11,13,15H2/t17-/m0/s1. The summed E-state index contributed by atoms with van der Waals surface area (Å²) in [6, 6.07) is 7.83. The van der Waals surface area contributed by atoms with Gasteiger partial charge in [-0.3, -0.25) is 9.59 Å². The number of hydrogen-bond donors (Lipinski definition) is 0. The second-order valence-electron chi connectivity index (χ2n) is 9.00. The van der Waals surface area contributed by atoms with E-state index in [-0.39, 0.29) is 29.5 Å². The summed E-state index contributed by atoms with van der Waals surface area (Å²) in [4.78, 5) is 28.8. The molecule has 0 aromatic heterocycles. The van der Waals surface area contributed by atoms with Crippen LogP contribution in [0.5, 0.6) is 0 Å². The number of piperidine rings is 1. The molecule has 7 nitrogen and oxygen atoms in total. The predicted octanol–water partition coefficient (Wildman–Crippen LogP) is 3.08. The maximum atomic E-state index is 14.2. The van der Waals surface area contributed by atoms with Gasteiger partial charge in [0.15, 0.2) is 0 Å². The van der Waals surface area contributed by atoms with Crippen molar-refractivity contribution in [2.24, 2.45) is 5.92 Å². The molecule has 5 rings (SSSR count). The van der Waals surface area contributed by atoms with Crippen LogP contribution >= 0.6 is 0 Å². The van der Waals surface area contributed by atoms with E-state index >= 15 is 0 Å². The predicted molar refractivity (Wildman–Crippen MR) is 122 cm³/mol. The van der Waals surface area contributed by atoms with Crippen molar-refractivity contribution in [3.05, 3.63) is 53.6 Å². The average molecular weight is 490 g/mol. The van der Waals surface area contributed by atoms with Gasteiger partial charge in [0.1, 0.15) is 11.6 Å². The molecule has 0 saturated carbocycles. The molecular formula is C24H25F2N3O4S. The topological polar surface area (TPSA) is 78.0 Å². The van der Waals surface area contributed by atoms with E-state index in [4.69, 9.17) is 0 Å². The van der Waals surface area contributed by atoms with Crippen molar-refractivity contribution in [1.29, 1.82) is 0 Å². The van der Waals surface area contributed by atoms with Gasteiger partial charge in [0.05, 0.1) is 16.5 Å². The van der Waals surface area contributed by atoms with Crippen LogP contribution in [-0.2, 0) is 26.0 Å². The minimum Gasteiger partial charge on any atom is -0.312 e. The average Bonchev–Trinajstić information content (AvgIpc) is 3.42. The summed E-state index contributed by atoms with van der Waals surface area (Å²) in [5.74, 6) is -2.92. The zero-order valence-electron chi connectivity index (χ0n) is 18.5. The number of rotatable bonds is 4. The highest BCUT2D eigenvalue weighted by atomic mass is 32.2. The molecule has 0 N–H and O–H groups in total. The van der Waals surface area contributed by atoms with Crippen molar-refractivity contribution in [2.45, 2.75) is 37.0 Å². The molecule has 2 saturated heterocycles. The van der Waals surface area contributed by atoms with Crippen molar-refractivity contribution in [1.82, 2.24) is 4.31 Å². The first-order valence-corrected chi connectivity index (χ1v) is 12.9. The van der Waals surface area contributed by atoms with Crippen LogP contribution in [0, 0.1) is 17.6 Å². The number of nitrogens with zero attached hydrogens (tertiary/aromatic N) is 3. The molecule has 0 unspecified atom stereocenters. The van der Waals surface area contributed by atoms with Gasteiger partial charge in [-0.2, -0.15) is 4.31 Å². The number of benzene rings is 2. The van der Waals surface area contributed by atoms with Crippen LogP contribution in [0.1, 0.15) is 31.2 Å². The van der Waals surface area contributed by atoms with E-state index in [1.165, 1.54) is 21.3 Å². The Morgan fingerprint density at radius 3 is 2.41 bits per heavy atom. The number of fused-ring (bicyclic) bond motifs is 1. The van der Waals surface area contributed by atoms with Crippen molar-refractivity contribution in [3.63, 3.8) is 0 Å². The Kier molecular flexibility index (Phi) is 5.89. The minimum atomic E-state index is -3.57. The summed E-state index contributed by atoms with van der Waals surface area (Å²) in [5.41, 5.74) is 1.37. The van der Waals surface area contributed by atoms with E-state index in [2.05, 4.69) is 0 Å². The smallest absolute Gasteiger partial charge is 0.243 e. The quantitative estimate of drug-likeness (QED) is 0.662. The first kappa shape index (κ1) is 22.9. The molecule has 2 aromatic carbocycles. The third kappa shape index (κ3) is 3.98. The zero-order valence-corrected chi connectivity index (χ0v) is 19.4. The molecule has 1 atom stereocenters. The number of halogens is 2. The highest BCUT2D eigenvalue weighted by Gasteiger charge is 2.40. The third-order valence-corrected chi connectivity index (χ3v) is 8.73. The largest absolute Gasteiger partial charge is 0.312 e. The number of anilines is 2. The Hall–Kier alpha value is -2.85. The number of carbonyl (C=O) groups is 2. The highest BCUT2D eigenvalue weighted by Crippen LogP contribution is 2.35. The van der Waals surface area contributed by atoms with Gasteiger partial charge in [0, 0.05) is 44.4 Å². The lowest BCUT2D eigenvalue weighted by Crippen LogP contribution is -2.36.